The summed E-state index contributed by atoms with van der Waals surface area (Å²) in [4.78, 5) is 32.4. The smallest absolute Gasteiger partial charge is 0.342 e. The van der Waals surface area contributed by atoms with E-state index < -0.39 is 29.1 Å². The van der Waals surface area contributed by atoms with Gasteiger partial charge >= 0.3 is 5.97 Å². The molecule has 0 aromatic rings. The number of carbonyl (C=O) groups excluding carboxylic acids is 2. The molecule has 0 aromatic carbocycles. The highest BCUT2D eigenvalue weighted by Crippen LogP contribution is 2.61. The molecule has 0 spiro atoms. The molecular weight excluding hydrogens is 396 g/mol. The van der Waals surface area contributed by atoms with E-state index in [0.29, 0.717) is 29.5 Å². The molecule has 1 N–H and O–H groups in total. The van der Waals surface area contributed by atoms with E-state index in [1.807, 2.05) is 20.8 Å². The molecule has 3 saturated carbocycles. The second-order valence-electron chi connectivity index (χ2n) is 11.4. The molecule has 1 saturated heterocycles. The summed E-state index contributed by atoms with van der Waals surface area (Å²) in [5.41, 5.74) is -1.12. The van der Waals surface area contributed by atoms with Crippen LogP contribution in [0.1, 0.15) is 60.8 Å². The lowest BCUT2D eigenvalue weighted by Gasteiger charge is -2.60. The third-order valence-corrected chi connectivity index (χ3v) is 8.35. The summed E-state index contributed by atoms with van der Waals surface area (Å²) in [5.74, 6) is 0.562. The van der Waals surface area contributed by atoms with Gasteiger partial charge in [0, 0.05) is 17.7 Å². The monoisotopic (exact) mass is 432 g/mol. The standard InChI is InChI=1S/C24H36N2O5/c1-13(25-11-14-8-9-15-10-16(14)23(15,5)6)17-18(27)24(21(29)30-7)12-31-20(22(2,3)4)26(24)19(17)28/h14-16,20,27H,8-12H2,1-7H3/t14?,15?,16?,20-,24-/m0/s1. The van der Waals surface area contributed by atoms with Crippen LogP contribution in [-0.2, 0) is 19.1 Å². The molecule has 7 nitrogen and oxygen atoms in total. The highest BCUT2D eigenvalue weighted by atomic mass is 16.6. The first-order valence-electron chi connectivity index (χ1n) is 11.4. The summed E-state index contributed by atoms with van der Waals surface area (Å²) in [6.07, 6.45) is 3.01. The normalized spacial score (nSPS) is 37.1. The molecule has 0 radical (unpaired) electrons. The zero-order valence-electron chi connectivity index (χ0n) is 19.8. The van der Waals surface area contributed by atoms with E-state index in [0.717, 1.165) is 12.3 Å². The molecule has 5 atom stereocenters. The Balaban J connectivity index is 1.64. The Kier molecular flexibility index (Phi) is 5.08. The Morgan fingerprint density at radius 3 is 2.55 bits per heavy atom. The van der Waals surface area contributed by atoms with Crippen LogP contribution in [0.15, 0.2) is 16.3 Å². The summed E-state index contributed by atoms with van der Waals surface area (Å²) in [5, 5.41) is 11.2. The molecule has 4 fully saturated rings. The summed E-state index contributed by atoms with van der Waals surface area (Å²) in [6.45, 7) is 12.8. The van der Waals surface area contributed by atoms with Gasteiger partial charge in [0.05, 0.1) is 13.7 Å². The van der Waals surface area contributed by atoms with Crippen molar-refractivity contribution in [3.63, 3.8) is 0 Å². The molecule has 172 valence electrons. The van der Waals surface area contributed by atoms with Crippen molar-refractivity contribution in [3.05, 3.63) is 11.3 Å². The molecule has 1 amide bonds. The predicted octanol–water partition coefficient (Wildman–Crippen LogP) is 3.49. The third-order valence-electron chi connectivity index (χ3n) is 8.35. The number of esters is 1. The fourth-order valence-electron chi connectivity index (χ4n) is 6.34. The molecule has 5 rings (SSSR count). The van der Waals surface area contributed by atoms with Crippen LogP contribution in [0.5, 0.6) is 0 Å². The van der Waals surface area contributed by atoms with Gasteiger partial charge in [-0.25, -0.2) is 4.79 Å². The van der Waals surface area contributed by atoms with Gasteiger partial charge in [0.1, 0.15) is 17.6 Å². The van der Waals surface area contributed by atoms with Crippen LogP contribution < -0.4 is 0 Å². The van der Waals surface area contributed by atoms with Crippen LogP contribution in [0.4, 0.5) is 0 Å². The van der Waals surface area contributed by atoms with Gasteiger partial charge in [-0.2, -0.15) is 0 Å². The number of carbonyl (C=O) groups is 2. The number of rotatable bonds is 4. The fraction of sp³-hybridized carbons (Fsp3) is 0.792. The Hall–Kier alpha value is -1.89. The van der Waals surface area contributed by atoms with Gasteiger partial charge in [-0.15, -0.1) is 0 Å². The largest absolute Gasteiger partial charge is 0.508 e. The minimum absolute atomic E-state index is 0.115. The van der Waals surface area contributed by atoms with Crippen LogP contribution >= 0.6 is 0 Å². The molecule has 2 heterocycles. The molecule has 5 aliphatic rings. The number of hydrogen-bond acceptors (Lipinski definition) is 6. The van der Waals surface area contributed by atoms with Crippen molar-refractivity contribution in [3.8, 4) is 0 Å². The van der Waals surface area contributed by atoms with E-state index >= 15 is 0 Å². The highest BCUT2D eigenvalue weighted by molar-refractivity contribution is 6.25. The second kappa shape index (κ2) is 7.06. The van der Waals surface area contributed by atoms with E-state index in [-0.39, 0.29) is 17.9 Å². The van der Waals surface area contributed by atoms with Gasteiger partial charge in [-0.3, -0.25) is 14.7 Å². The molecule has 2 bridgehead atoms. The summed E-state index contributed by atoms with van der Waals surface area (Å²) < 4.78 is 10.8. The number of methoxy groups -OCH3 is 1. The Morgan fingerprint density at radius 2 is 2.00 bits per heavy atom. The number of aliphatic imine (C=N–C) groups is 1. The number of aliphatic hydroxyl groups is 1. The summed E-state index contributed by atoms with van der Waals surface area (Å²) >= 11 is 0. The molecule has 31 heavy (non-hydrogen) atoms. The Bertz CT molecular complexity index is 866. The predicted molar refractivity (Wildman–Crippen MR) is 117 cm³/mol. The van der Waals surface area contributed by atoms with E-state index in [1.165, 1.54) is 24.9 Å². The van der Waals surface area contributed by atoms with E-state index in [9.17, 15) is 14.7 Å². The summed E-state index contributed by atoms with van der Waals surface area (Å²) in [6, 6.07) is 0. The van der Waals surface area contributed by atoms with Crippen LogP contribution in [0.2, 0.25) is 0 Å². The molecule has 3 aliphatic carbocycles. The maximum absolute atomic E-state index is 13.5. The number of ether oxygens (including phenoxy) is 2. The quantitative estimate of drug-likeness (QED) is 0.543. The summed E-state index contributed by atoms with van der Waals surface area (Å²) in [7, 11) is 1.26. The van der Waals surface area contributed by atoms with Crippen molar-refractivity contribution < 1.29 is 24.2 Å². The van der Waals surface area contributed by atoms with Gasteiger partial charge in [-0.05, 0) is 49.4 Å². The van der Waals surface area contributed by atoms with Crippen LogP contribution in [0.25, 0.3) is 0 Å². The number of aliphatic hydroxyl groups excluding tert-OH is 1. The van der Waals surface area contributed by atoms with Crippen molar-refractivity contribution in [1.29, 1.82) is 0 Å². The first-order chi connectivity index (χ1) is 14.4. The zero-order valence-corrected chi connectivity index (χ0v) is 19.8. The van der Waals surface area contributed by atoms with Gasteiger partial charge in [-0.1, -0.05) is 34.6 Å². The maximum atomic E-state index is 13.5. The average molecular weight is 433 g/mol. The second-order valence-corrected chi connectivity index (χ2v) is 11.4. The minimum atomic E-state index is -1.64. The first kappa shape index (κ1) is 22.3. The number of amides is 1. The SMILES string of the molecule is COC(=O)[C@@]12CO[C@@H](C(C)(C)C)N1C(=O)C(C(C)=NCC1CCC3CC1C3(C)C)=C2O. The van der Waals surface area contributed by atoms with Crippen LogP contribution in [0, 0.1) is 28.6 Å². The number of nitrogens with zero attached hydrogens (tertiary/aromatic N) is 2. The van der Waals surface area contributed by atoms with Gasteiger partial charge in [0.15, 0.2) is 0 Å². The van der Waals surface area contributed by atoms with E-state index in [1.54, 1.807) is 6.92 Å². The lowest BCUT2D eigenvalue weighted by molar-refractivity contribution is -0.158. The van der Waals surface area contributed by atoms with Crippen LogP contribution in [-0.4, -0.2) is 59.6 Å². The molecule has 7 heteroatoms. The van der Waals surface area contributed by atoms with Crippen LogP contribution in [0.3, 0.4) is 0 Å². The number of hydrogen-bond donors (Lipinski definition) is 1. The fourth-order valence-corrected chi connectivity index (χ4v) is 6.34. The van der Waals surface area contributed by atoms with Gasteiger partial charge in [0.25, 0.3) is 5.91 Å². The lowest BCUT2D eigenvalue weighted by atomic mass is 9.45. The van der Waals surface area contributed by atoms with E-state index in [2.05, 4.69) is 13.8 Å². The topological polar surface area (TPSA) is 88.4 Å². The zero-order chi connectivity index (χ0) is 22.9. The Morgan fingerprint density at radius 1 is 1.32 bits per heavy atom. The Labute approximate surface area is 184 Å². The van der Waals surface area contributed by atoms with Crippen molar-refractivity contribution in [2.45, 2.75) is 72.6 Å². The molecule has 3 unspecified atom stereocenters. The van der Waals surface area contributed by atoms with Crippen molar-refractivity contribution >= 4 is 17.6 Å². The third kappa shape index (κ3) is 2.99. The molecule has 2 aliphatic heterocycles. The van der Waals surface area contributed by atoms with Gasteiger partial charge < -0.3 is 14.6 Å². The lowest BCUT2D eigenvalue weighted by Crippen LogP contribution is -2.56. The van der Waals surface area contributed by atoms with Crippen molar-refractivity contribution in [2.75, 3.05) is 20.3 Å². The molecule has 0 aromatic heterocycles. The minimum Gasteiger partial charge on any atom is -0.508 e. The van der Waals surface area contributed by atoms with Gasteiger partial charge in [0.2, 0.25) is 5.54 Å². The molecular formula is C24H36N2O5. The van der Waals surface area contributed by atoms with Crippen molar-refractivity contribution in [1.82, 2.24) is 4.90 Å². The first-order valence-corrected chi connectivity index (χ1v) is 11.4. The van der Waals surface area contributed by atoms with E-state index in [4.69, 9.17) is 14.5 Å². The maximum Gasteiger partial charge on any atom is 0.342 e. The van der Waals surface area contributed by atoms with Crippen molar-refractivity contribution in [2.24, 2.45) is 33.6 Å². The average Bonchev–Trinajstić information content (AvgIpc) is 3.21. The number of fused-ring (bicyclic) bond motifs is 3. The highest BCUT2D eigenvalue weighted by Gasteiger charge is 2.67.